The first kappa shape index (κ1) is 17.8. The van der Waals surface area contributed by atoms with Crippen LogP contribution >= 0.6 is 0 Å². The van der Waals surface area contributed by atoms with Crippen molar-refractivity contribution in [3.63, 3.8) is 0 Å². The second kappa shape index (κ2) is 7.96. The van der Waals surface area contributed by atoms with Crippen molar-refractivity contribution in [3.8, 4) is 5.75 Å². The van der Waals surface area contributed by atoms with Crippen molar-refractivity contribution >= 4 is 5.96 Å². The summed E-state index contributed by atoms with van der Waals surface area (Å²) in [7, 11) is 2.17. The first-order valence-electron chi connectivity index (χ1n) is 9.60. The largest absolute Gasteiger partial charge is 0.493 e. The SMILES string of the molecule is CN1CC[C@@H](CN=C(N)NC2CCOc3ccccc32)[C@@H]1c1cccnc1. The van der Waals surface area contributed by atoms with E-state index in [2.05, 4.69) is 39.4 Å². The number of nitrogens with one attached hydrogen (secondary N) is 1. The highest BCUT2D eigenvalue weighted by atomic mass is 16.5. The van der Waals surface area contributed by atoms with Crippen molar-refractivity contribution in [2.75, 3.05) is 26.7 Å². The zero-order valence-electron chi connectivity index (χ0n) is 15.7. The predicted octanol–water partition coefficient (Wildman–Crippen LogP) is 2.50. The minimum atomic E-state index is 0.152. The van der Waals surface area contributed by atoms with Crippen LogP contribution in [0.5, 0.6) is 5.75 Å². The normalized spacial score (nSPS) is 25.7. The molecule has 2 aromatic rings. The summed E-state index contributed by atoms with van der Waals surface area (Å²) in [5.74, 6) is 1.89. The Labute approximate surface area is 160 Å². The third kappa shape index (κ3) is 3.90. The number of likely N-dealkylation sites (tertiary alicyclic amines) is 1. The molecule has 1 saturated heterocycles. The molecular weight excluding hydrogens is 338 g/mol. The molecule has 142 valence electrons. The van der Waals surface area contributed by atoms with Crippen molar-refractivity contribution in [1.29, 1.82) is 0 Å². The topological polar surface area (TPSA) is 75.8 Å². The van der Waals surface area contributed by atoms with Gasteiger partial charge < -0.3 is 15.8 Å². The van der Waals surface area contributed by atoms with Crippen molar-refractivity contribution in [2.24, 2.45) is 16.6 Å². The van der Waals surface area contributed by atoms with Gasteiger partial charge in [-0.3, -0.25) is 14.9 Å². The third-order valence-corrected chi connectivity index (χ3v) is 5.58. The number of hydrogen-bond acceptors (Lipinski definition) is 4. The average molecular weight is 365 g/mol. The molecule has 6 nitrogen and oxygen atoms in total. The molecule has 4 rings (SSSR count). The van der Waals surface area contributed by atoms with Crippen LogP contribution in [0.25, 0.3) is 0 Å². The second-order valence-electron chi connectivity index (χ2n) is 7.36. The van der Waals surface area contributed by atoms with Gasteiger partial charge in [0.1, 0.15) is 5.75 Å². The highest BCUT2D eigenvalue weighted by molar-refractivity contribution is 5.78. The Morgan fingerprint density at radius 1 is 1.30 bits per heavy atom. The van der Waals surface area contributed by atoms with Crippen LogP contribution in [0.1, 0.15) is 36.1 Å². The van der Waals surface area contributed by atoms with E-state index in [-0.39, 0.29) is 6.04 Å². The smallest absolute Gasteiger partial charge is 0.189 e. The van der Waals surface area contributed by atoms with Crippen molar-refractivity contribution in [3.05, 3.63) is 59.9 Å². The van der Waals surface area contributed by atoms with E-state index in [1.165, 1.54) is 5.56 Å². The first-order valence-corrected chi connectivity index (χ1v) is 9.60. The summed E-state index contributed by atoms with van der Waals surface area (Å²) >= 11 is 0. The zero-order chi connectivity index (χ0) is 18.6. The molecule has 1 aromatic carbocycles. The number of fused-ring (bicyclic) bond motifs is 1. The number of aromatic nitrogens is 1. The van der Waals surface area contributed by atoms with Gasteiger partial charge in [0, 0.05) is 37.0 Å². The fraction of sp³-hybridized carbons (Fsp3) is 0.429. The van der Waals surface area contributed by atoms with Crippen LogP contribution in [-0.4, -0.2) is 42.6 Å². The molecule has 3 atom stereocenters. The molecule has 3 N–H and O–H groups in total. The number of para-hydroxylation sites is 1. The van der Waals surface area contributed by atoms with Crippen LogP contribution in [0.3, 0.4) is 0 Å². The maximum Gasteiger partial charge on any atom is 0.189 e. The molecule has 0 bridgehead atoms. The van der Waals surface area contributed by atoms with Gasteiger partial charge in [0.2, 0.25) is 0 Å². The fourth-order valence-electron chi connectivity index (χ4n) is 4.23. The Morgan fingerprint density at radius 3 is 3.04 bits per heavy atom. The molecule has 1 unspecified atom stereocenters. The van der Waals surface area contributed by atoms with E-state index in [0.29, 0.717) is 31.1 Å². The summed E-state index contributed by atoms with van der Waals surface area (Å²) in [4.78, 5) is 11.3. The lowest BCUT2D eigenvalue weighted by atomic mass is 9.95. The van der Waals surface area contributed by atoms with Crippen LogP contribution < -0.4 is 15.8 Å². The van der Waals surface area contributed by atoms with Crippen LogP contribution in [-0.2, 0) is 0 Å². The molecule has 27 heavy (non-hydrogen) atoms. The molecule has 1 aromatic heterocycles. The quantitative estimate of drug-likeness (QED) is 0.643. The van der Waals surface area contributed by atoms with Crippen molar-refractivity contribution in [2.45, 2.75) is 24.9 Å². The van der Waals surface area contributed by atoms with E-state index >= 15 is 0 Å². The zero-order valence-corrected chi connectivity index (χ0v) is 15.7. The van der Waals surface area contributed by atoms with Crippen LogP contribution in [0.2, 0.25) is 0 Å². The molecular formula is C21H27N5O. The minimum Gasteiger partial charge on any atom is -0.493 e. The fourth-order valence-corrected chi connectivity index (χ4v) is 4.23. The number of rotatable bonds is 4. The average Bonchev–Trinajstić information content (AvgIpc) is 3.08. The number of hydrogen-bond donors (Lipinski definition) is 2. The van der Waals surface area contributed by atoms with E-state index in [1.54, 1.807) is 0 Å². The Kier molecular flexibility index (Phi) is 5.25. The van der Waals surface area contributed by atoms with Gasteiger partial charge in [-0.25, -0.2) is 0 Å². The number of benzene rings is 1. The Balaban J connectivity index is 1.42. The van der Waals surface area contributed by atoms with E-state index in [4.69, 9.17) is 10.5 Å². The Morgan fingerprint density at radius 2 is 2.19 bits per heavy atom. The number of aliphatic imine (C=N–C) groups is 1. The van der Waals surface area contributed by atoms with Gasteiger partial charge in [0.25, 0.3) is 0 Å². The monoisotopic (exact) mass is 365 g/mol. The summed E-state index contributed by atoms with van der Waals surface area (Å²) in [6.07, 6.45) is 5.79. The number of guanidine groups is 1. The second-order valence-corrected chi connectivity index (χ2v) is 7.36. The van der Waals surface area contributed by atoms with Crippen LogP contribution in [0, 0.1) is 5.92 Å². The van der Waals surface area contributed by atoms with Crippen LogP contribution in [0.15, 0.2) is 53.8 Å². The summed E-state index contributed by atoms with van der Waals surface area (Å²) in [5, 5.41) is 3.39. The Hall–Kier alpha value is -2.60. The molecule has 0 spiro atoms. The first-order chi connectivity index (χ1) is 13.2. The molecule has 0 aliphatic carbocycles. The lowest BCUT2D eigenvalue weighted by molar-refractivity contribution is 0.261. The van der Waals surface area contributed by atoms with Crippen LogP contribution in [0.4, 0.5) is 0 Å². The van der Waals surface area contributed by atoms with Gasteiger partial charge in [-0.1, -0.05) is 24.3 Å². The molecule has 6 heteroatoms. The number of nitrogens with zero attached hydrogens (tertiary/aromatic N) is 3. The van der Waals surface area contributed by atoms with Gasteiger partial charge in [-0.15, -0.1) is 0 Å². The summed E-state index contributed by atoms with van der Waals surface area (Å²) < 4.78 is 5.72. The van der Waals surface area contributed by atoms with Gasteiger partial charge in [0.05, 0.1) is 12.6 Å². The maximum atomic E-state index is 6.23. The maximum absolute atomic E-state index is 6.23. The molecule has 0 amide bonds. The molecule has 1 fully saturated rings. The van der Waals surface area contributed by atoms with Gasteiger partial charge in [-0.05, 0) is 43.6 Å². The van der Waals surface area contributed by atoms with E-state index in [1.807, 2.05) is 36.7 Å². The Bertz CT molecular complexity index is 794. The van der Waals surface area contributed by atoms with Gasteiger partial charge in [0.15, 0.2) is 5.96 Å². The number of pyridine rings is 1. The highest BCUT2D eigenvalue weighted by Crippen LogP contribution is 2.36. The lowest BCUT2D eigenvalue weighted by Gasteiger charge is -2.27. The summed E-state index contributed by atoms with van der Waals surface area (Å²) in [5.41, 5.74) is 8.63. The van der Waals surface area contributed by atoms with E-state index in [0.717, 1.165) is 30.7 Å². The summed E-state index contributed by atoms with van der Waals surface area (Å²) in [6, 6.07) is 12.8. The molecule has 0 radical (unpaired) electrons. The number of ether oxygens (including phenoxy) is 1. The minimum absolute atomic E-state index is 0.152. The molecule has 0 saturated carbocycles. The van der Waals surface area contributed by atoms with Crippen molar-refractivity contribution < 1.29 is 4.74 Å². The predicted molar refractivity (Wildman–Crippen MR) is 107 cm³/mol. The van der Waals surface area contributed by atoms with E-state index < -0.39 is 0 Å². The van der Waals surface area contributed by atoms with Gasteiger partial charge >= 0.3 is 0 Å². The highest BCUT2D eigenvalue weighted by Gasteiger charge is 2.33. The molecule has 2 aliphatic rings. The lowest BCUT2D eigenvalue weighted by Crippen LogP contribution is -2.37. The van der Waals surface area contributed by atoms with E-state index in [9.17, 15) is 0 Å². The third-order valence-electron chi connectivity index (χ3n) is 5.58. The molecule has 2 aliphatic heterocycles. The number of nitrogens with two attached hydrogens (primary N) is 1. The summed E-state index contributed by atoms with van der Waals surface area (Å²) in [6.45, 7) is 2.48. The van der Waals surface area contributed by atoms with Crippen molar-refractivity contribution in [1.82, 2.24) is 15.2 Å². The van der Waals surface area contributed by atoms with Gasteiger partial charge in [-0.2, -0.15) is 0 Å². The molecule has 3 heterocycles. The standard InChI is InChI=1S/C21H27N5O/c1-26-11-8-16(20(26)15-5-4-10-23-13-15)14-24-21(22)25-18-9-12-27-19-7-3-2-6-17(18)19/h2-7,10,13,16,18,20H,8-9,11-12,14H2,1H3,(H3,22,24,25)/t16-,18?,20-/m0/s1.